The summed E-state index contributed by atoms with van der Waals surface area (Å²) in [4.78, 5) is 32.1. The predicted molar refractivity (Wildman–Crippen MR) is 135 cm³/mol. The average molecular weight is 535 g/mol. The molecule has 0 fully saturated rings. The highest BCUT2D eigenvalue weighted by Crippen LogP contribution is 2.38. The van der Waals surface area contributed by atoms with Crippen LogP contribution in [-0.4, -0.2) is 38.7 Å². The summed E-state index contributed by atoms with van der Waals surface area (Å²) < 4.78 is 40.9. The maximum absolute atomic E-state index is 13.4. The van der Waals surface area contributed by atoms with Gasteiger partial charge in [-0.15, -0.1) is 0 Å². The van der Waals surface area contributed by atoms with Crippen LogP contribution in [0.2, 0.25) is 5.02 Å². The minimum Gasteiger partial charge on any atom is -0.365 e. The van der Waals surface area contributed by atoms with Crippen molar-refractivity contribution in [2.24, 2.45) is 0 Å². The Bertz CT molecular complexity index is 1380. The fourth-order valence-electron chi connectivity index (χ4n) is 4.06. The number of benzene rings is 1. The molecule has 0 spiro atoms. The number of alkyl halides is 3. The fraction of sp³-hybridized carbons (Fsp3) is 0.360. The number of hydrogen-bond acceptors (Lipinski definition) is 5. The number of carbonyl (C=O) groups excluding carboxylic acids is 2. The van der Waals surface area contributed by atoms with Gasteiger partial charge in [-0.2, -0.15) is 18.3 Å². The molecule has 0 saturated carbocycles. The van der Waals surface area contributed by atoms with Crippen molar-refractivity contribution in [3.8, 4) is 0 Å². The van der Waals surface area contributed by atoms with Crippen molar-refractivity contribution < 1.29 is 22.8 Å². The molecule has 0 aliphatic carbocycles. The molecule has 0 radical (unpaired) electrons. The summed E-state index contributed by atoms with van der Waals surface area (Å²) in [5.74, 6) is -0.355. The third kappa shape index (κ3) is 5.41. The smallest absolute Gasteiger partial charge is 0.365 e. The zero-order valence-corrected chi connectivity index (χ0v) is 21.6. The number of carbonyl (C=O) groups is 2. The molecule has 1 unspecified atom stereocenters. The van der Waals surface area contributed by atoms with Crippen molar-refractivity contribution in [3.63, 3.8) is 0 Å². The molecule has 1 aromatic carbocycles. The number of nitrogens with zero attached hydrogens (tertiary/aromatic N) is 4. The van der Waals surface area contributed by atoms with Crippen LogP contribution < -0.4 is 15.5 Å². The van der Waals surface area contributed by atoms with E-state index >= 15 is 0 Å². The van der Waals surface area contributed by atoms with E-state index in [1.54, 1.807) is 6.07 Å². The predicted octanol–water partition coefficient (Wildman–Crippen LogP) is 5.94. The lowest BCUT2D eigenvalue weighted by Gasteiger charge is -2.32. The zero-order valence-electron chi connectivity index (χ0n) is 20.9. The second kappa shape index (κ2) is 9.37. The zero-order chi connectivity index (χ0) is 27.3. The Kier molecular flexibility index (Phi) is 6.70. The van der Waals surface area contributed by atoms with E-state index in [0.717, 1.165) is 17.7 Å². The van der Waals surface area contributed by atoms with Gasteiger partial charge in [0.2, 0.25) is 0 Å². The first kappa shape index (κ1) is 26.5. The Balaban J connectivity index is 1.60. The molecule has 8 nitrogen and oxygen atoms in total. The van der Waals surface area contributed by atoms with Gasteiger partial charge in [0.25, 0.3) is 11.8 Å². The van der Waals surface area contributed by atoms with Crippen molar-refractivity contribution in [1.82, 2.24) is 14.8 Å². The number of anilines is 3. The van der Waals surface area contributed by atoms with Crippen LogP contribution >= 0.6 is 11.6 Å². The van der Waals surface area contributed by atoms with Crippen molar-refractivity contribution in [3.05, 3.63) is 64.1 Å². The van der Waals surface area contributed by atoms with Gasteiger partial charge in [-0.3, -0.25) is 14.3 Å². The first-order valence-electron chi connectivity index (χ1n) is 11.5. The van der Waals surface area contributed by atoms with Gasteiger partial charge < -0.3 is 15.5 Å². The Hall–Kier alpha value is -3.60. The minimum absolute atomic E-state index is 0.110. The number of fused-ring (bicyclic) bond motifs is 1. The van der Waals surface area contributed by atoms with Crippen LogP contribution in [0.1, 0.15) is 65.7 Å². The molecular weight excluding hydrogens is 509 g/mol. The van der Waals surface area contributed by atoms with Crippen LogP contribution in [0.15, 0.2) is 36.7 Å². The van der Waals surface area contributed by atoms with E-state index in [1.807, 2.05) is 34.6 Å². The number of halogens is 4. The van der Waals surface area contributed by atoms with E-state index in [4.69, 9.17) is 11.6 Å². The van der Waals surface area contributed by atoms with Gasteiger partial charge in [0.05, 0.1) is 34.1 Å². The average Bonchev–Trinajstić information content (AvgIpc) is 3.20. The highest BCUT2D eigenvalue weighted by Gasteiger charge is 2.36. The highest BCUT2D eigenvalue weighted by atomic mass is 35.5. The number of hydrogen-bond donors (Lipinski definition) is 2. The Morgan fingerprint density at radius 2 is 1.86 bits per heavy atom. The topological polar surface area (TPSA) is 92.2 Å². The molecular formula is C25H26ClF3N6O2. The molecule has 37 heavy (non-hydrogen) atoms. The lowest BCUT2D eigenvalue weighted by molar-refractivity contribution is -0.137. The molecule has 2 amide bonds. The van der Waals surface area contributed by atoms with Gasteiger partial charge in [0, 0.05) is 24.0 Å². The maximum Gasteiger partial charge on any atom is 0.417 e. The SMILES string of the molecule is Cc1cc(C(=O)Nc2cnn3c2C(=O)N(c2ccc(C(F)(F)F)c(Cl)c2)CC3C)cnc1NC(C)(C)C. The maximum atomic E-state index is 13.4. The van der Waals surface area contributed by atoms with Gasteiger partial charge >= 0.3 is 6.18 Å². The third-order valence-electron chi connectivity index (χ3n) is 5.76. The fourth-order valence-corrected chi connectivity index (χ4v) is 4.34. The van der Waals surface area contributed by atoms with Crippen LogP contribution in [-0.2, 0) is 6.18 Å². The minimum atomic E-state index is -4.61. The molecule has 12 heteroatoms. The Labute approximate surface area is 216 Å². The number of aromatic nitrogens is 3. The van der Waals surface area contributed by atoms with Crippen molar-refractivity contribution in [1.29, 1.82) is 0 Å². The van der Waals surface area contributed by atoms with Crippen LogP contribution in [0, 0.1) is 6.92 Å². The largest absolute Gasteiger partial charge is 0.417 e. The quantitative estimate of drug-likeness (QED) is 0.432. The number of aryl methyl sites for hydroxylation is 1. The van der Waals surface area contributed by atoms with E-state index in [1.165, 1.54) is 28.0 Å². The molecule has 4 rings (SSSR count). The van der Waals surface area contributed by atoms with E-state index in [-0.39, 0.29) is 35.2 Å². The van der Waals surface area contributed by atoms with Gasteiger partial charge in [0.1, 0.15) is 5.82 Å². The summed E-state index contributed by atoms with van der Waals surface area (Å²) in [6.45, 7) is 9.79. The summed E-state index contributed by atoms with van der Waals surface area (Å²) in [6.07, 6.45) is -1.80. The van der Waals surface area contributed by atoms with Crippen molar-refractivity contribution in [2.45, 2.75) is 52.4 Å². The normalized spacial score (nSPS) is 16.0. The van der Waals surface area contributed by atoms with Crippen LogP contribution in [0.5, 0.6) is 0 Å². The Morgan fingerprint density at radius 3 is 2.46 bits per heavy atom. The first-order chi connectivity index (χ1) is 17.2. The van der Waals surface area contributed by atoms with E-state index < -0.39 is 28.6 Å². The van der Waals surface area contributed by atoms with Gasteiger partial charge in [-0.25, -0.2) is 4.98 Å². The van der Waals surface area contributed by atoms with E-state index in [2.05, 4.69) is 20.7 Å². The monoisotopic (exact) mass is 534 g/mol. The van der Waals surface area contributed by atoms with Crippen LogP contribution in [0.3, 0.4) is 0 Å². The van der Waals surface area contributed by atoms with Crippen molar-refractivity contribution >= 4 is 40.6 Å². The number of nitrogens with one attached hydrogen (secondary N) is 2. The molecule has 3 aromatic rings. The number of pyridine rings is 1. The molecule has 2 aromatic heterocycles. The molecule has 1 aliphatic rings. The van der Waals surface area contributed by atoms with Gasteiger partial charge in [-0.05, 0) is 64.4 Å². The molecule has 196 valence electrons. The Morgan fingerprint density at radius 1 is 1.16 bits per heavy atom. The molecule has 2 N–H and O–H groups in total. The first-order valence-corrected chi connectivity index (χ1v) is 11.9. The number of rotatable bonds is 4. The molecule has 1 atom stereocenters. The third-order valence-corrected chi connectivity index (χ3v) is 6.07. The summed E-state index contributed by atoms with van der Waals surface area (Å²) in [6, 6.07) is 4.53. The lowest BCUT2D eigenvalue weighted by atomic mass is 10.1. The van der Waals surface area contributed by atoms with Gasteiger partial charge in [0.15, 0.2) is 5.69 Å². The lowest BCUT2D eigenvalue weighted by Crippen LogP contribution is -2.43. The van der Waals surface area contributed by atoms with Crippen LogP contribution in [0.25, 0.3) is 0 Å². The summed E-state index contributed by atoms with van der Waals surface area (Å²) in [5.41, 5.74) is 0.369. The number of amides is 2. The van der Waals surface area contributed by atoms with E-state index in [9.17, 15) is 22.8 Å². The van der Waals surface area contributed by atoms with Gasteiger partial charge in [-0.1, -0.05) is 11.6 Å². The summed E-state index contributed by atoms with van der Waals surface area (Å²) in [5, 5.41) is 9.73. The summed E-state index contributed by atoms with van der Waals surface area (Å²) >= 11 is 5.88. The standard InChI is InChI=1S/C25H26ClF3N6O2/c1-13-8-15(10-30-21(13)33-24(3,4)5)22(36)32-19-11-31-35-14(2)12-34(23(37)20(19)35)16-6-7-17(18(26)9-16)25(27,28)29/h6-11,14H,12H2,1-5H3,(H,30,33)(H,32,36). The van der Waals surface area contributed by atoms with E-state index in [0.29, 0.717) is 11.4 Å². The highest BCUT2D eigenvalue weighted by molar-refractivity contribution is 6.31. The molecule has 0 bridgehead atoms. The second-order valence-corrected chi connectivity index (χ2v) is 10.4. The second-order valence-electron chi connectivity index (χ2n) is 10.00. The van der Waals surface area contributed by atoms with Crippen molar-refractivity contribution in [2.75, 3.05) is 22.1 Å². The van der Waals surface area contributed by atoms with Crippen LogP contribution in [0.4, 0.5) is 30.4 Å². The molecule has 3 heterocycles. The molecule has 0 saturated heterocycles. The summed E-state index contributed by atoms with van der Waals surface area (Å²) in [7, 11) is 0. The molecule has 1 aliphatic heterocycles.